The van der Waals surface area contributed by atoms with Gasteiger partial charge in [-0.05, 0) is 82.7 Å². The minimum absolute atomic E-state index is 0.251. The Morgan fingerprint density at radius 2 is 1.58 bits per heavy atom. The summed E-state index contributed by atoms with van der Waals surface area (Å²) < 4.78 is 5.78. The normalized spacial score (nSPS) is 18.6. The smallest absolute Gasteiger partial charge is 0.323 e. The van der Waals surface area contributed by atoms with Crippen LogP contribution in [0, 0.1) is 0 Å². The van der Waals surface area contributed by atoms with Gasteiger partial charge < -0.3 is 30.5 Å². The van der Waals surface area contributed by atoms with E-state index in [1.807, 2.05) is 68.7 Å². The molecule has 2 fully saturated rings. The first-order valence-electron chi connectivity index (χ1n) is 13.3. The van der Waals surface area contributed by atoms with Gasteiger partial charge in [0.1, 0.15) is 11.6 Å². The van der Waals surface area contributed by atoms with Crippen molar-refractivity contribution in [2.24, 2.45) is 0 Å². The van der Waals surface area contributed by atoms with Gasteiger partial charge in [0.25, 0.3) is 0 Å². The van der Waals surface area contributed by atoms with E-state index in [-0.39, 0.29) is 12.1 Å². The summed E-state index contributed by atoms with van der Waals surface area (Å²) in [6.45, 7) is 6.54. The topological polar surface area (TPSA) is 94.7 Å². The molecule has 200 valence electrons. The van der Waals surface area contributed by atoms with Crippen molar-refractivity contribution in [1.82, 2.24) is 14.9 Å². The first-order valence-corrected chi connectivity index (χ1v) is 13.3. The van der Waals surface area contributed by atoms with E-state index in [1.54, 1.807) is 0 Å². The Bertz CT molecular complexity index is 1230. The summed E-state index contributed by atoms with van der Waals surface area (Å²) in [5, 5.41) is 9.23. The number of ether oxygens (including phenoxy) is 1. The highest BCUT2D eigenvalue weighted by Crippen LogP contribution is 2.35. The van der Waals surface area contributed by atoms with Crippen molar-refractivity contribution in [1.29, 1.82) is 0 Å². The number of urea groups is 1. The molecule has 0 radical (unpaired) electrons. The summed E-state index contributed by atoms with van der Waals surface area (Å²) in [7, 11) is 4.06. The number of amides is 2. The van der Waals surface area contributed by atoms with Gasteiger partial charge in [-0.3, -0.25) is 0 Å². The highest BCUT2D eigenvalue weighted by molar-refractivity contribution is 5.99. The summed E-state index contributed by atoms with van der Waals surface area (Å²) in [4.78, 5) is 26.8. The lowest BCUT2D eigenvalue weighted by molar-refractivity contribution is 0.0902. The van der Waals surface area contributed by atoms with Crippen molar-refractivity contribution in [3.05, 3.63) is 60.2 Å². The van der Waals surface area contributed by atoms with E-state index in [0.29, 0.717) is 23.6 Å². The number of hydrogen-bond acceptors (Lipinski definition) is 7. The molecule has 1 aromatic heterocycles. The molecule has 3 heterocycles. The molecule has 2 atom stereocenters. The van der Waals surface area contributed by atoms with Gasteiger partial charge in [-0.15, -0.1) is 0 Å². The SMILES string of the molecule is CC(C)Nc1cc(N2C3CCC2COC3)nc(-c2ccc(NC(=O)Nc3ccc(CN(C)C)cc3)cc2)n1. The van der Waals surface area contributed by atoms with Gasteiger partial charge >= 0.3 is 6.03 Å². The third kappa shape index (κ3) is 6.23. The van der Waals surface area contributed by atoms with Crippen LogP contribution in [0.4, 0.5) is 27.8 Å². The van der Waals surface area contributed by atoms with Crippen LogP contribution in [0.2, 0.25) is 0 Å². The average Bonchev–Trinajstić information content (AvgIpc) is 3.13. The summed E-state index contributed by atoms with van der Waals surface area (Å²) in [6.07, 6.45) is 2.25. The quantitative estimate of drug-likeness (QED) is 0.387. The van der Waals surface area contributed by atoms with Gasteiger partial charge in [0.15, 0.2) is 5.82 Å². The van der Waals surface area contributed by atoms with Gasteiger partial charge in [-0.2, -0.15) is 0 Å². The Morgan fingerprint density at radius 1 is 0.974 bits per heavy atom. The van der Waals surface area contributed by atoms with Crippen LogP contribution in [0.1, 0.15) is 32.3 Å². The number of hydrogen-bond donors (Lipinski definition) is 3. The van der Waals surface area contributed by atoms with Crippen LogP contribution in [0.3, 0.4) is 0 Å². The first-order chi connectivity index (χ1) is 18.3. The molecule has 0 saturated carbocycles. The van der Waals surface area contributed by atoms with Crippen LogP contribution < -0.4 is 20.9 Å². The minimum Gasteiger partial charge on any atom is -0.377 e. The number of benzene rings is 2. The van der Waals surface area contributed by atoms with E-state index in [9.17, 15) is 4.79 Å². The van der Waals surface area contributed by atoms with E-state index >= 15 is 0 Å². The summed E-state index contributed by atoms with van der Waals surface area (Å²) in [5.41, 5.74) is 3.52. The molecule has 9 nitrogen and oxygen atoms in total. The van der Waals surface area contributed by atoms with Crippen molar-refractivity contribution in [3.63, 3.8) is 0 Å². The molecule has 2 aliphatic rings. The lowest BCUT2D eigenvalue weighted by atomic mass is 10.2. The molecule has 2 saturated heterocycles. The molecule has 3 aromatic rings. The third-order valence-electron chi connectivity index (χ3n) is 6.77. The van der Waals surface area contributed by atoms with Crippen LogP contribution in [-0.4, -0.2) is 66.3 Å². The van der Waals surface area contributed by atoms with Crippen molar-refractivity contribution in [3.8, 4) is 11.4 Å². The van der Waals surface area contributed by atoms with Crippen molar-refractivity contribution in [2.45, 2.75) is 51.4 Å². The number of anilines is 4. The molecule has 38 heavy (non-hydrogen) atoms. The maximum atomic E-state index is 12.6. The monoisotopic (exact) mass is 515 g/mol. The number of fused-ring (bicyclic) bond motifs is 2. The van der Waals surface area contributed by atoms with Crippen molar-refractivity contribution >= 4 is 29.0 Å². The summed E-state index contributed by atoms with van der Waals surface area (Å²) in [5.74, 6) is 2.40. The zero-order chi connectivity index (χ0) is 26.6. The van der Waals surface area contributed by atoms with Crippen LogP contribution in [-0.2, 0) is 11.3 Å². The molecule has 5 rings (SSSR count). The maximum Gasteiger partial charge on any atom is 0.323 e. The van der Waals surface area contributed by atoms with Crippen molar-refractivity contribution < 1.29 is 9.53 Å². The van der Waals surface area contributed by atoms with Gasteiger partial charge in [-0.25, -0.2) is 14.8 Å². The number of nitrogens with one attached hydrogen (secondary N) is 3. The van der Waals surface area contributed by atoms with E-state index in [2.05, 4.69) is 39.6 Å². The summed E-state index contributed by atoms with van der Waals surface area (Å²) in [6, 6.07) is 18.2. The molecular weight excluding hydrogens is 478 g/mol. The fourth-order valence-corrected chi connectivity index (χ4v) is 5.12. The number of rotatable bonds is 8. The fraction of sp³-hybridized carbons (Fsp3) is 0.414. The molecule has 2 aromatic carbocycles. The van der Waals surface area contributed by atoms with E-state index < -0.39 is 0 Å². The molecule has 2 amide bonds. The Labute approximate surface area is 224 Å². The Balaban J connectivity index is 1.29. The van der Waals surface area contributed by atoms with E-state index in [4.69, 9.17) is 14.7 Å². The second-order valence-electron chi connectivity index (χ2n) is 10.7. The van der Waals surface area contributed by atoms with E-state index in [0.717, 1.165) is 55.5 Å². The Morgan fingerprint density at radius 3 is 2.16 bits per heavy atom. The molecule has 0 spiro atoms. The van der Waals surface area contributed by atoms with Gasteiger partial charge in [0.05, 0.1) is 25.3 Å². The summed E-state index contributed by atoms with van der Waals surface area (Å²) >= 11 is 0. The number of morpholine rings is 1. The zero-order valence-corrected chi connectivity index (χ0v) is 22.6. The molecule has 9 heteroatoms. The molecule has 2 unspecified atom stereocenters. The highest BCUT2D eigenvalue weighted by Gasteiger charge is 2.38. The molecule has 2 bridgehead atoms. The standard InChI is InChI=1S/C29H37N7O2/c1-19(2)30-26-15-27(36-24-13-14-25(36)18-38-17-24)34-28(33-26)21-7-11-23(12-8-21)32-29(37)31-22-9-5-20(6-10-22)16-35(3)4/h5-12,15,19,24-25H,13-14,16-18H2,1-4H3,(H,30,33,34)(H2,31,32,37). The molecule has 3 N–H and O–H groups in total. The predicted molar refractivity (Wildman–Crippen MR) is 153 cm³/mol. The van der Waals surface area contributed by atoms with Crippen molar-refractivity contribution in [2.75, 3.05) is 48.2 Å². The largest absolute Gasteiger partial charge is 0.377 e. The predicted octanol–water partition coefficient (Wildman–Crippen LogP) is 5.04. The minimum atomic E-state index is -0.289. The zero-order valence-electron chi connectivity index (χ0n) is 22.6. The van der Waals surface area contributed by atoms with E-state index in [1.165, 1.54) is 5.56 Å². The Hall–Kier alpha value is -3.69. The Kier molecular flexibility index (Phi) is 7.76. The maximum absolute atomic E-state index is 12.6. The lowest BCUT2D eigenvalue weighted by Crippen LogP contribution is -2.46. The van der Waals surface area contributed by atoms with Crippen LogP contribution >= 0.6 is 0 Å². The molecular formula is C29H37N7O2. The van der Waals surface area contributed by atoms with Gasteiger partial charge in [0, 0.05) is 35.6 Å². The van der Waals surface area contributed by atoms with Gasteiger partial charge in [-0.1, -0.05) is 12.1 Å². The second-order valence-corrected chi connectivity index (χ2v) is 10.7. The second kappa shape index (κ2) is 11.4. The number of carbonyl (C=O) groups excluding carboxylic acids is 1. The fourth-order valence-electron chi connectivity index (χ4n) is 5.12. The first kappa shape index (κ1) is 25.9. The average molecular weight is 516 g/mol. The number of nitrogens with zero attached hydrogens (tertiary/aromatic N) is 4. The van der Waals surface area contributed by atoms with Crippen LogP contribution in [0.5, 0.6) is 0 Å². The lowest BCUT2D eigenvalue weighted by Gasteiger charge is -2.36. The van der Waals surface area contributed by atoms with Crippen LogP contribution in [0.15, 0.2) is 54.6 Å². The number of carbonyl (C=O) groups is 1. The van der Waals surface area contributed by atoms with Crippen LogP contribution in [0.25, 0.3) is 11.4 Å². The molecule has 0 aliphatic carbocycles. The third-order valence-corrected chi connectivity index (χ3v) is 6.77. The van der Waals surface area contributed by atoms with Gasteiger partial charge in [0.2, 0.25) is 0 Å². The highest BCUT2D eigenvalue weighted by atomic mass is 16.5. The molecule has 2 aliphatic heterocycles. The number of aromatic nitrogens is 2.